The number of benzene rings is 1. The summed E-state index contributed by atoms with van der Waals surface area (Å²) in [4.78, 5) is 0. The zero-order valence-electron chi connectivity index (χ0n) is 13.6. The maximum Gasteiger partial charge on any atom is 0.0519 e. The molecule has 0 aromatic heterocycles. The highest BCUT2D eigenvalue weighted by atomic mass is 32.2. The van der Waals surface area contributed by atoms with E-state index in [-0.39, 0.29) is 22.8 Å². The van der Waals surface area contributed by atoms with Crippen molar-refractivity contribution in [1.29, 1.82) is 0 Å². The van der Waals surface area contributed by atoms with Gasteiger partial charge in [0.05, 0.1) is 10.7 Å². The molecule has 126 valence electrons. The lowest BCUT2D eigenvalue weighted by Crippen LogP contribution is -2.31. The van der Waals surface area contributed by atoms with Crippen molar-refractivity contribution in [3.8, 4) is 0 Å². The van der Waals surface area contributed by atoms with Crippen LogP contribution in [0.5, 0.6) is 0 Å². The first-order valence-corrected chi connectivity index (χ1v) is 10.2. The van der Waals surface area contributed by atoms with Crippen LogP contribution in [0.4, 0.5) is 0 Å². The average Bonchev–Trinajstić information content (AvgIpc) is 2.46. The normalized spacial score (nSPS) is 17.0. The first kappa shape index (κ1) is 19.8. The molecule has 4 atom stereocenters. The van der Waals surface area contributed by atoms with Crippen LogP contribution in [0.25, 0.3) is 0 Å². The summed E-state index contributed by atoms with van der Waals surface area (Å²) in [7, 11) is 0. The molecular weight excluding hydrogens is 312 g/mol. The third kappa shape index (κ3) is 7.85. The van der Waals surface area contributed by atoms with Crippen molar-refractivity contribution in [1.82, 2.24) is 0 Å². The Kier molecular flexibility index (Phi) is 9.47. The van der Waals surface area contributed by atoms with Gasteiger partial charge in [0.25, 0.3) is 0 Å². The molecule has 8 N–H and O–H groups in total. The van der Waals surface area contributed by atoms with Crippen molar-refractivity contribution in [3.63, 3.8) is 0 Å². The first-order chi connectivity index (χ1) is 10.4. The predicted molar refractivity (Wildman–Crippen MR) is 102 cm³/mol. The molecule has 1 aromatic rings. The summed E-state index contributed by atoms with van der Waals surface area (Å²) in [5.74, 6) is 0. The van der Waals surface area contributed by atoms with Gasteiger partial charge in [0.2, 0.25) is 0 Å². The molecule has 1 rings (SSSR count). The number of thioether (sulfide) groups is 2. The molecule has 0 aliphatic carbocycles. The average molecular weight is 343 g/mol. The summed E-state index contributed by atoms with van der Waals surface area (Å²) in [6, 6.07) is 8.70. The summed E-state index contributed by atoms with van der Waals surface area (Å²) >= 11 is 3.30. The zero-order chi connectivity index (χ0) is 16.5. The summed E-state index contributed by atoms with van der Waals surface area (Å²) < 4.78 is 0. The SMILES string of the molecule is CSC(N)CC(N)Cc1cccc(CC(N)CC(N)SC)c1. The van der Waals surface area contributed by atoms with Crippen molar-refractivity contribution in [2.45, 2.75) is 48.5 Å². The highest BCUT2D eigenvalue weighted by Crippen LogP contribution is 2.15. The maximum absolute atomic E-state index is 6.18. The molecule has 0 bridgehead atoms. The molecule has 0 heterocycles. The van der Waals surface area contributed by atoms with E-state index in [1.165, 1.54) is 11.1 Å². The van der Waals surface area contributed by atoms with E-state index in [9.17, 15) is 0 Å². The second kappa shape index (κ2) is 10.5. The molecule has 0 saturated carbocycles. The van der Waals surface area contributed by atoms with Gasteiger partial charge in [-0.05, 0) is 49.3 Å². The standard InChI is InChI=1S/C16H30N4S2/c1-21-15(19)9-13(17)7-11-4-3-5-12(6-11)8-14(18)10-16(20)22-2/h3-6,13-16H,7-10,17-20H2,1-2H3. The van der Waals surface area contributed by atoms with Gasteiger partial charge in [-0.2, -0.15) is 0 Å². The summed E-state index contributed by atoms with van der Waals surface area (Å²) in [6.07, 6.45) is 7.38. The monoisotopic (exact) mass is 342 g/mol. The lowest BCUT2D eigenvalue weighted by Gasteiger charge is -2.18. The molecule has 22 heavy (non-hydrogen) atoms. The van der Waals surface area contributed by atoms with Crippen LogP contribution in [0.3, 0.4) is 0 Å². The van der Waals surface area contributed by atoms with E-state index in [4.69, 9.17) is 22.9 Å². The Hall–Kier alpha value is -0.240. The molecule has 0 spiro atoms. The van der Waals surface area contributed by atoms with E-state index in [2.05, 4.69) is 24.3 Å². The van der Waals surface area contributed by atoms with Crippen LogP contribution in [0, 0.1) is 0 Å². The molecule has 0 fully saturated rings. The minimum Gasteiger partial charge on any atom is -0.327 e. The fourth-order valence-electron chi connectivity index (χ4n) is 2.44. The Morgan fingerprint density at radius 3 is 1.59 bits per heavy atom. The lowest BCUT2D eigenvalue weighted by atomic mass is 9.98. The molecule has 0 radical (unpaired) electrons. The van der Waals surface area contributed by atoms with Crippen LogP contribution in [-0.2, 0) is 12.8 Å². The minimum absolute atomic E-state index is 0.0938. The number of rotatable bonds is 10. The van der Waals surface area contributed by atoms with Crippen LogP contribution in [-0.4, -0.2) is 35.3 Å². The van der Waals surface area contributed by atoms with Gasteiger partial charge < -0.3 is 22.9 Å². The van der Waals surface area contributed by atoms with Crippen molar-refractivity contribution in [2.24, 2.45) is 22.9 Å². The number of hydrogen-bond acceptors (Lipinski definition) is 6. The van der Waals surface area contributed by atoms with Gasteiger partial charge in [0.15, 0.2) is 0 Å². The van der Waals surface area contributed by atoms with Crippen LogP contribution < -0.4 is 22.9 Å². The second-order valence-corrected chi connectivity index (χ2v) is 7.92. The topological polar surface area (TPSA) is 104 Å². The first-order valence-electron chi connectivity index (χ1n) is 7.60. The van der Waals surface area contributed by atoms with Crippen LogP contribution >= 0.6 is 23.5 Å². The second-order valence-electron chi connectivity index (χ2n) is 5.77. The van der Waals surface area contributed by atoms with Gasteiger partial charge in [-0.1, -0.05) is 24.3 Å². The van der Waals surface area contributed by atoms with Gasteiger partial charge >= 0.3 is 0 Å². The van der Waals surface area contributed by atoms with E-state index >= 15 is 0 Å². The van der Waals surface area contributed by atoms with Crippen molar-refractivity contribution < 1.29 is 0 Å². The fourth-order valence-corrected chi connectivity index (χ4v) is 3.32. The smallest absolute Gasteiger partial charge is 0.0519 e. The van der Waals surface area contributed by atoms with Crippen LogP contribution in [0.15, 0.2) is 24.3 Å². The third-order valence-electron chi connectivity index (χ3n) is 3.66. The maximum atomic E-state index is 6.18. The Morgan fingerprint density at radius 2 is 1.23 bits per heavy atom. The summed E-state index contributed by atoms with van der Waals surface area (Å²) in [5, 5.41) is 0.222. The highest BCUT2D eigenvalue weighted by molar-refractivity contribution is 7.99. The molecule has 4 nitrogen and oxygen atoms in total. The van der Waals surface area contributed by atoms with Crippen LogP contribution in [0.2, 0.25) is 0 Å². The lowest BCUT2D eigenvalue weighted by molar-refractivity contribution is 0.593. The van der Waals surface area contributed by atoms with Gasteiger partial charge in [-0.25, -0.2) is 0 Å². The fraction of sp³-hybridized carbons (Fsp3) is 0.625. The van der Waals surface area contributed by atoms with Crippen molar-refractivity contribution in [2.75, 3.05) is 12.5 Å². The molecular formula is C16H30N4S2. The number of nitrogens with two attached hydrogens (primary N) is 4. The van der Waals surface area contributed by atoms with E-state index in [1.807, 2.05) is 12.5 Å². The van der Waals surface area contributed by atoms with Crippen molar-refractivity contribution in [3.05, 3.63) is 35.4 Å². The van der Waals surface area contributed by atoms with Gasteiger partial charge in [-0.3, -0.25) is 0 Å². The van der Waals surface area contributed by atoms with E-state index in [0.717, 1.165) is 25.7 Å². The quantitative estimate of drug-likeness (QED) is 0.480. The van der Waals surface area contributed by atoms with E-state index in [0.29, 0.717) is 0 Å². The summed E-state index contributed by atoms with van der Waals surface area (Å²) in [5.41, 5.74) is 26.7. The Labute approximate surface area is 143 Å². The minimum atomic E-state index is 0.0938. The zero-order valence-corrected chi connectivity index (χ0v) is 15.2. The molecule has 1 aromatic carbocycles. The Bertz CT molecular complexity index is 395. The number of hydrogen-bond donors (Lipinski definition) is 4. The predicted octanol–water partition coefficient (Wildman–Crippen LogP) is 1.50. The highest BCUT2D eigenvalue weighted by Gasteiger charge is 2.12. The van der Waals surface area contributed by atoms with E-state index in [1.54, 1.807) is 23.5 Å². The molecule has 0 aliphatic rings. The molecule has 6 heteroatoms. The molecule has 0 saturated heterocycles. The van der Waals surface area contributed by atoms with Crippen LogP contribution in [0.1, 0.15) is 24.0 Å². The van der Waals surface area contributed by atoms with Gasteiger partial charge in [0, 0.05) is 12.1 Å². The third-order valence-corrected chi connectivity index (χ3v) is 5.26. The van der Waals surface area contributed by atoms with Gasteiger partial charge in [0.1, 0.15) is 0 Å². The molecule has 0 amide bonds. The molecule has 0 aliphatic heterocycles. The van der Waals surface area contributed by atoms with Gasteiger partial charge in [-0.15, -0.1) is 23.5 Å². The van der Waals surface area contributed by atoms with Crippen molar-refractivity contribution >= 4 is 23.5 Å². The largest absolute Gasteiger partial charge is 0.327 e. The molecule has 4 unspecified atom stereocenters. The Morgan fingerprint density at radius 1 is 0.818 bits per heavy atom. The Balaban J connectivity index is 2.54. The summed E-state index contributed by atoms with van der Waals surface area (Å²) in [6.45, 7) is 0. The van der Waals surface area contributed by atoms with E-state index < -0.39 is 0 Å².